The second-order valence-electron chi connectivity index (χ2n) is 4.26. The predicted molar refractivity (Wildman–Crippen MR) is 74.1 cm³/mol. The molecule has 18 heavy (non-hydrogen) atoms. The summed E-state index contributed by atoms with van der Waals surface area (Å²) in [4.78, 5) is 4.09. The van der Waals surface area contributed by atoms with E-state index < -0.39 is 0 Å². The number of fused-ring (bicyclic) bond motifs is 1. The van der Waals surface area contributed by atoms with Crippen LogP contribution in [0.15, 0.2) is 42.7 Å². The van der Waals surface area contributed by atoms with E-state index in [2.05, 4.69) is 11.1 Å². The summed E-state index contributed by atoms with van der Waals surface area (Å²) >= 11 is 0. The van der Waals surface area contributed by atoms with Crippen LogP contribution in [0.4, 0.5) is 4.39 Å². The molecule has 0 N–H and O–H groups in total. The first-order chi connectivity index (χ1) is 8.33. The molecule has 1 aromatic heterocycles. The van der Waals surface area contributed by atoms with Gasteiger partial charge >= 0.3 is 0 Å². The SMILES string of the molecule is Cl.Fc1ccc2c(c1)CC/C2=C\c1cccnc1. The molecule has 0 radical (unpaired) electrons. The van der Waals surface area contributed by atoms with Crippen LogP contribution < -0.4 is 0 Å². The summed E-state index contributed by atoms with van der Waals surface area (Å²) in [5.41, 5.74) is 4.66. The first-order valence-corrected chi connectivity index (χ1v) is 5.72. The van der Waals surface area contributed by atoms with E-state index in [1.807, 2.05) is 24.4 Å². The fraction of sp³-hybridized carbons (Fsp3) is 0.133. The lowest BCUT2D eigenvalue weighted by Crippen LogP contribution is -1.83. The molecule has 0 unspecified atom stereocenters. The number of aryl methyl sites for hydroxylation is 1. The molecule has 0 aliphatic heterocycles. The normalized spacial score (nSPS) is 15.3. The summed E-state index contributed by atoms with van der Waals surface area (Å²) in [6.45, 7) is 0. The molecule has 92 valence electrons. The van der Waals surface area contributed by atoms with Gasteiger partial charge in [0.25, 0.3) is 0 Å². The van der Waals surface area contributed by atoms with Crippen LogP contribution in [0.2, 0.25) is 0 Å². The lowest BCUT2D eigenvalue weighted by molar-refractivity contribution is 0.626. The number of pyridine rings is 1. The van der Waals surface area contributed by atoms with Crippen molar-refractivity contribution in [1.29, 1.82) is 0 Å². The van der Waals surface area contributed by atoms with Gasteiger partial charge in [-0.3, -0.25) is 4.98 Å². The zero-order chi connectivity index (χ0) is 11.7. The molecule has 3 rings (SSSR count). The maximum atomic E-state index is 13.1. The molecule has 1 nitrogen and oxygen atoms in total. The molecule has 0 spiro atoms. The molecule has 0 amide bonds. The number of hydrogen-bond donors (Lipinski definition) is 0. The molecule has 0 atom stereocenters. The quantitative estimate of drug-likeness (QED) is 0.752. The molecular weight excluding hydrogens is 249 g/mol. The van der Waals surface area contributed by atoms with E-state index in [-0.39, 0.29) is 18.2 Å². The van der Waals surface area contributed by atoms with E-state index in [1.165, 1.54) is 17.2 Å². The van der Waals surface area contributed by atoms with Crippen molar-refractivity contribution in [2.24, 2.45) is 0 Å². The monoisotopic (exact) mass is 261 g/mol. The molecule has 0 bridgehead atoms. The maximum absolute atomic E-state index is 13.1. The minimum atomic E-state index is -0.147. The average molecular weight is 262 g/mol. The summed E-state index contributed by atoms with van der Waals surface area (Å²) in [5, 5.41) is 0. The third-order valence-corrected chi connectivity index (χ3v) is 3.10. The lowest BCUT2D eigenvalue weighted by atomic mass is 10.1. The van der Waals surface area contributed by atoms with E-state index in [9.17, 15) is 4.39 Å². The Hall–Kier alpha value is -1.67. The molecule has 0 saturated carbocycles. The van der Waals surface area contributed by atoms with Crippen molar-refractivity contribution >= 4 is 24.1 Å². The Bertz CT molecular complexity index is 578. The maximum Gasteiger partial charge on any atom is 0.123 e. The third-order valence-electron chi connectivity index (χ3n) is 3.10. The standard InChI is InChI=1S/C15H12FN.ClH/c16-14-5-6-15-12(3-4-13(15)9-14)8-11-2-1-7-17-10-11;/h1-2,5-10H,3-4H2;1H/b12-8+;. The van der Waals surface area contributed by atoms with Crippen LogP contribution in [0.5, 0.6) is 0 Å². The molecule has 1 heterocycles. The zero-order valence-corrected chi connectivity index (χ0v) is 10.6. The highest BCUT2D eigenvalue weighted by Gasteiger charge is 2.16. The highest BCUT2D eigenvalue weighted by Crippen LogP contribution is 2.33. The molecule has 1 aliphatic carbocycles. The molecule has 1 aromatic carbocycles. The molecule has 0 fully saturated rings. The average Bonchev–Trinajstić information content (AvgIpc) is 2.73. The summed E-state index contributed by atoms with van der Waals surface area (Å²) in [7, 11) is 0. The molecule has 0 saturated heterocycles. The molecule has 2 aromatic rings. The number of allylic oxidation sites excluding steroid dienone is 1. The van der Waals surface area contributed by atoms with Crippen molar-refractivity contribution in [3.8, 4) is 0 Å². The van der Waals surface area contributed by atoms with E-state index in [1.54, 1.807) is 12.3 Å². The van der Waals surface area contributed by atoms with Gasteiger partial charge in [-0.2, -0.15) is 0 Å². The Morgan fingerprint density at radius 3 is 2.83 bits per heavy atom. The number of aromatic nitrogens is 1. The lowest BCUT2D eigenvalue weighted by Gasteiger charge is -2.01. The van der Waals surface area contributed by atoms with Crippen molar-refractivity contribution in [2.45, 2.75) is 12.8 Å². The van der Waals surface area contributed by atoms with Crippen LogP contribution in [-0.4, -0.2) is 4.98 Å². The van der Waals surface area contributed by atoms with Crippen molar-refractivity contribution in [2.75, 3.05) is 0 Å². The minimum Gasteiger partial charge on any atom is -0.264 e. The zero-order valence-electron chi connectivity index (χ0n) is 9.77. The Labute approximate surface area is 112 Å². The first kappa shape index (κ1) is 12.8. The molecule has 3 heteroatoms. The van der Waals surface area contributed by atoms with Gasteiger partial charge in [0.1, 0.15) is 5.82 Å². The van der Waals surface area contributed by atoms with Gasteiger partial charge in [0.15, 0.2) is 0 Å². The third kappa shape index (κ3) is 2.44. The second kappa shape index (κ2) is 5.32. The van der Waals surface area contributed by atoms with E-state index >= 15 is 0 Å². The second-order valence-corrected chi connectivity index (χ2v) is 4.26. The Morgan fingerprint density at radius 2 is 2.06 bits per heavy atom. The highest BCUT2D eigenvalue weighted by atomic mass is 35.5. The van der Waals surface area contributed by atoms with Crippen LogP contribution >= 0.6 is 12.4 Å². The van der Waals surface area contributed by atoms with Gasteiger partial charge < -0.3 is 0 Å². The van der Waals surface area contributed by atoms with Gasteiger partial charge in [0.05, 0.1) is 0 Å². The molecule has 1 aliphatic rings. The highest BCUT2D eigenvalue weighted by molar-refractivity contribution is 5.85. The fourth-order valence-corrected chi connectivity index (χ4v) is 2.30. The summed E-state index contributed by atoms with van der Waals surface area (Å²) in [5.74, 6) is -0.147. The van der Waals surface area contributed by atoms with Gasteiger partial charge in [0, 0.05) is 12.4 Å². The van der Waals surface area contributed by atoms with Crippen LogP contribution in [0.3, 0.4) is 0 Å². The van der Waals surface area contributed by atoms with Crippen LogP contribution in [-0.2, 0) is 6.42 Å². The summed E-state index contributed by atoms with van der Waals surface area (Å²) in [6.07, 6.45) is 7.65. The first-order valence-electron chi connectivity index (χ1n) is 5.72. The van der Waals surface area contributed by atoms with Crippen molar-refractivity contribution < 1.29 is 4.39 Å². The van der Waals surface area contributed by atoms with E-state index in [4.69, 9.17) is 0 Å². The predicted octanol–water partition coefficient (Wildman–Crippen LogP) is 4.13. The van der Waals surface area contributed by atoms with Crippen LogP contribution in [0, 0.1) is 5.82 Å². The Morgan fingerprint density at radius 1 is 1.17 bits per heavy atom. The van der Waals surface area contributed by atoms with Gasteiger partial charge in [-0.05, 0) is 59.4 Å². The number of benzene rings is 1. The Balaban J connectivity index is 0.00000120. The summed E-state index contributed by atoms with van der Waals surface area (Å²) < 4.78 is 13.1. The molecular formula is C15H13ClFN. The minimum absolute atomic E-state index is 0. The van der Waals surface area contributed by atoms with Crippen LogP contribution in [0.1, 0.15) is 23.1 Å². The van der Waals surface area contributed by atoms with Gasteiger partial charge in [-0.1, -0.05) is 12.1 Å². The number of halogens is 2. The van der Waals surface area contributed by atoms with Gasteiger partial charge in [-0.25, -0.2) is 4.39 Å². The number of hydrogen-bond acceptors (Lipinski definition) is 1. The van der Waals surface area contributed by atoms with Gasteiger partial charge in [0.2, 0.25) is 0 Å². The summed E-state index contributed by atoms with van der Waals surface area (Å²) in [6, 6.07) is 8.99. The van der Waals surface area contributed by atoms with E-state index in [0.29, 0.717) is 0 Å². The largest absolute Gasteiger partial charge is 0.264 e. The fourth-order valence-electron chi connectivity index (χ4n) is 2.30. The number of nitrogens with zero attached hydrogens (tertiary/aromatic N) is 1. The Kier molecular flexibility index (Phi) is 3.78. The number of rotatable bonds is 1. The van der Waals surface area contributed by atoms with E-state index in [0.717, 1.165) is 24.0 Å². The smallest absolute Gasteiger partial charge is 0.123 e. The van der Waals surface area contributed by atoms with Crippen molar-refractivity contribution in [3.63, 3.8) is 0 Å². The van der Waals surface area contributed by atoms with Crippen LogP contribution in [0.25, 0.3) is 11.6 Å². The van der Waals surface area contributed by atoms with Crippen molar-refractivity contribution in [3.05, 3.63) is 65.2 Å². The van der Waals surface area contributed by atoms with Gasteiger partial charge in [-0.15, -0.1) is 12.4 Å². The topological polar surface area (TPSA) is 12.9 Å². The van der Waals surface area contributed by atoms with Crippen molar-refractivity contribution in [1.82, 2.24) is 4.98 Å².